The average molecular weight is 689 g/mol. The zero-order chi connectivity index (χ0) is 37.0. The SMILES string of the molecule is CC[C@H](C)[C@@H]([C@@H](CC(=O)N1CCC[C@H]1[C@H](OC)[C@@H](C)C(=O)N(C)CCc1cccc(N)c1)OC)N(C)C(=O)[C@@H](NC(=O)CN(C)C)C(C)C. The Hall–Kier alpha value is -3.22. The Morgan fingerprint density at radius 1 is 1.02 bits per heavy atom. The summed E-state index contributed by atoms with van der Waals surface area (Å²) in [5.41, 5.74) is 7.68. The van der Waals surface area contributed by atoms with Gasteiger partial charge in [-0.2, -0.15) is 0 Å². The summed E-state index contributed by atoms with van der Waals surface area (Å²) in [6.07, 6.45) is 1.97. The first kappa shape index (κ1) is 41.9. The van der Waals surface area contributed by atoms with E-state index in [1.54, 1.807) is 57.1 Å². The highest BCUT2D eigenvalue weighted by atomic mass is 16.5. The molecule has 0 aromatic heterocycles. The summed E-state index contributed by atoms with van der Waals surface area (Å²) in [5.74, 6) is -1.18. The Balaban J connectivity index is 2.21. The van der Waals surface area contributed by atoms with Crippen LogP contribution in [0.3, 0.4) is 0 Å². The Labute approximate surface area is 295 Å². The van der Waals surface area contributed by atoms with Crippen LogP contribution in [-0.2, 0) is 35.1 Å². The normalized spacial score (nSPS) is 18.5. The Morgan fingerprint density at radius 2 is 1.69 bits per heavy atom. The number of rotatable bonds is 19. The van der Waals surface area contributed by atoms with Gasteiger partial charge in [-0.15, -0.1) is 0 Å². The number of likely N-dealkylation sites (tertiary alicyclic amines) is 1. The molecule has 3 N–H and O–H groups in total. The number of hydrogen-bond acceptors (Lipinski definition) is 8. The fourth-order valence-electron chi connectivity index (χ4n) is 7.04. The Morgan fingerprint density at radius 3 is 2.24 bits per heavy atom. The second kappa shape index (κ2) is 19.8. The van der Waals surface area contributed by atoms with E-state index in [4.69, 9.17) is 15.2 Å². The van der Waals surface area contributed by atoms with Crippen LogP contribution in [0.4, 0.5) is 5.69 Å². The maximum Gasteiger partial charge on any atom is 0.245 e. The number of nitrogens with one attached hydrogen (secondary N) is 1. The van der Waals surface area contributed by atoms with E-state index < -0.39 is 30.2 Å². The van der Waals surface area contributed by atoms with Gasteiger partial charge in [0, 0.05) is 47.1 Å². The van der Waals surface area contributed by atoms with Gasteiger partial charge < -0.3 is 40.1 Å². The van der Waals surface area contributed by atoms with Crippen LogP contribution in [0, 0.1) is 17.8 Å². The van der Waals surface area contributed by atoms with Crippen molar-refractivity contribution in [1.29, 1.82) is 0 Å². The molecule has 12 heteroatoms. The molecule has 7 atom stereocenters. The van der Waals surface area contributed by atoms with E-state index in [2.05, 4.69) is 12.2 Å². The number of anilines is 1. The predicted octanol–water partition coefficient (Wildman–Crippen LogP) is 2.89. The fraction of sp³-hybridized carbons (Fsp3) is 0.730. The highest BCUT2D eigenvalue weighted by Gasteiger charge is 2.43. The minimum atomic E-state index is -0.717. The van der Waals surface area contributed by atoms with E-state index in [9.17, 15) is 19.2 Å². The van der Waals surface area contributed by atoms with Crippen molar-refractivity contribution < 1.29 is 28.7 Å². The second-order valence-corrected chi connectivity index (χ2v) is 14.4. The average Bonchev–Trinajstić information content (AvgIpc) is 3.54. The van der Waals surface area contributed by atoms with Crippen molar-refractivity contribution in [3.05, 3.63) is 29.8 Å². The third-order valence-electron chi connectivity index (χ3n) is 10.0. The summed E-state index contributed by atoms with van der Waals surface area (Å²) in [4.78, 5) is 61.2. The van der Waals surface area contributed by atoms with Gasteiger partial charge in [0.1, 0.15) is 6.04 Å². The molecule has 1 aliphatic rings. The monoisotopic (exact) mass is 688 g/mol. The number of likely N-dealkylation sites (N-methyl/N-ethyl adjacent to an activating group) is 3. The summed E-state index contributed by atoms with van der Waals surface area (Å²) in [5, 5.41) is 2.92. The molecule has 0 bridgehead atoms. The summed E-state index contributed by atoms with van der Waals surface area (Å²) >= 11 is 0. The van der Waals surface area contributed by atoms with Gasteiger partial charge in [-0.05, 0) is 62.9 Å². The van der Waals surface area contributed by atoms with Crippen LogP contribution >= 0.6 is 0 Å². The number of nitrogens with two attached hydrogens (primary N) is 1. The molecule has 4 amide bonds. The molecule has 12 nitrogen and oxygen atoms in total. The van der Waals surface area contributed by atoms with Crippen molar-refractivity contribution in [2.45, 2.75) is 97.1 Å². The minimum absolute atomic E-state index is 0.0126. The van der Waals surface area contributed by atoms with Gasteiger partial charge >= 0.3 is 0 Å². The number of methoxy groups -OCH3 is 2. The molecule has 2 rings (SSSR count). The molecular weight excluding hydrogens is 624 g/mol. The number of benzene rings is 1. The first-order chi connectivity index (χ1) is 23.1. The number of carbonyl (C=O) groups excluding carboxylic acids is 4. The zero-order valence-electron chi connectivity index (χ0n) is 31.9. The lowest BCUT2D eigenvalue weighted by molar-refractivity contribution is -0.149. The van der Waals surface area contributed by atoms with Gasteiger partial charge in [-0.3, -0.25) is 19.2 Å². The third-order valence-corrected chi connectivity index (χ3v) is 10.0. The molecule has 49 heavy (non-hydrogen) atoms. The number of amides is 4. The van der Waals surface area contributed by atoms with E-state index >= 15 is 0 Å². The highest BCUT2D eigenvalue weighted by molar-refractivity contribution is 5.88. The Bertz CT molecular complexity index is 1230. The van der Waals surface area contributed by atoms with Crippen LogP contribution in [0.5, 0.6) is 0 Å². The lowest BCUT2D eigenvalue weighted by Gasteiger charge is -2.41. The second-order valence-electron chi connectivity index (χ2n) is 14.4. The van der Waals surface area contributed by atoms with Gasteiger partial charge in [0.05, 0.1) is 43.2 Å². The molecule has 278 valence electrons. The molecule has 1 aromatic rings. The maximum absolute atomic E-state index is 14.1. The number of carbonyl (C=O) groups is 4. The van der Waals surface area contributed by atoms with Crippen molar-refractivity contribution in [3.63, 3.8) is 0 Å². The van der Waals surface area contributed by atoms with Crippen LogP contribution < -0.4 is 11.1 Å². The van der Waals surface area contributed by atoms with E-state index in [-0.39, 0.29) is 54.5 Å². The van der Waals surface area contributed by atoms with Gasteiger partial charge in [0.15, 0.2) is 0 Å². The van der Waals surface area contributed by atoms with Crippen molar-refractivity contribution in [1.82, 2.24) is 24.9 Å². The van der Waals surface area contributed by atoms with Gasteiger partial charge in [0.25, 0.3) is 0 Å². The van der Waals surface area contributed by atoms with E-state index in [0.29, 0.717) is 25.2 Å². The molecule has 0 spiro atoms. The topological polar surface area (TPSA) is 138 Å². The quantitative estimate of drug-likeness (QED) is 0.212. The molecule has 1 fully saturated rings. The van der Waals surface area contributed by atoms with Crippen LogP contribution in [0.25, 0.3) is 0 Å². The van der Waals surface area contributed by atoms with Crippen molar-refractivity contribution in [2.75, 3.05) is 67.8 Å². The molecular formula is C37H64N6O6. The Kier molecular flexibility index (Phi) is 17.0. The number of hydrogen-bond donors (Lipinski definition) is 2. The van der Waals surface area contributed by atoms with Crippen LogP contribution in [0.15, 0.2) is 24.3 Å². The van der Waals surface area contributed by atoms with Gasteiger partial charge in [-0.1, -0.05) is 53.2 Å². The molecule has 0 unspecified atom stereocenters. The first-order valence-corrected chi connectivity index (χ1v) is 17.7. The summed E-state index contributed by atoms with van der Waals surface area (Å²) < 4.78 is 11.9. The number of ether oxygens (including phenoxy) is 2. The summed E-state index contributed by atoms with van der Waals surface area (Å²) in [6.45, 7) is 11.1. The maximum atomic E-state index is 14.1. The summed E-state index contributed by atoms with van der Waals surface area (Å²) in [7, 11) is 10.3. The zero-order valence-corrected chi connectivity index (χ0v) is 31.9. The number of nitrogen functional groups attached to an aromatic ring is 1. The largest absolute Gasteiger partial charge is 0.399 e. The predicted molar refractivity (Wildman–Crippen MR) is 194 cm³/mol. The van der Waals surface area contributed by atoms with Crippen LogP contribution in [0.2, 0.25) is 0 Å². The standard InChI is InChI=1S/C37H64N6O6/c1-12-25(4)34(42(9)37(47)33(24(2)3)39-31(44)23-40(6)7)30(48-10)22-32(45)43-19-14-17-29(43)35(49-11)26(5)36(46)41(8)20-18-27-15-13-16-28(38)21-27/h13,15-16,21,24-26,29-30,33-35H,12,14,17-20,22-23,38H2,1-11H3,(H,39,44)/t25-,26+,29-,30+,33-,34-,35+/m0/s1. The van der Waals surface area contributed by atoms with Gasteiger partial charge in [0.2, 0.25) is 23.6 Å². The van der Waals surface area contributed by atoms with E-state index in [1.165, 1.54) is 0 Å². The van der Waals surface area contributed by atoms with Crippen molar-refractivity contribution in [3.8, 4) is 0 Å². The summed E-state index contributed by atoms with van der Waals surface area (Å²) in [6, 6.07) is 6.27. The van der Waals surface area contributed by atoms with Crippen molar-refractivity contribution in [2.24, 2.45) is 17.8 Å². The third kappa shape index (κ3) is 11.7. The lowest BCUT2D eigenvalue weighted by atomic mass is 9.89. The molecule has 1 aromatic carbocycles. The first-order valence-electron chi connectivity index (χ1n) is 17.7. The fourth-order valence-corrected chi connectivity index (χ4v) is 7.04. The van der Waals surface area contributed by atoms with Crippen LogP contribution in [0.1, 0.15) is 65.9 Å². The molecule has 0 radical (unpaired) electrons. The van der Waals surface area contributed by atoms with E-state index in [1.807, 2.05) is 56.9 Å². The molecule has 1 heterocycles. The van der Waals surface area contributed by atoms with Gasteiger partial charge in [-0.25, -0.2) is 0 Å². The molecule has 1 saturated heterocycles. The smallest absolute Gasteiger partial charge is 0.245 e. The van der Waals surface area contributed by atoms with Crippen LogP contribution in [-0.4, -0.2) is 136 Å². The highest BCUT2D eigenvalue weighted by Crippen LogP contribution is 2.30. The molecule has 0 aliphatic carbocycles. The van der Waals surface area contributed by atoms with E-state index in [0.717, 1.165) is 24.8 Å². The number of nitrogens with zero attached hydrogens (tertiary/aromatic N) is 4. The minimum Gasteiger partial charge on any atom is -0.399 e. The van der Waals surface area contributed by atoms with Crippen molar-refractivity contribution >= 4 is 29.3 Å². The lowest BCUT2D eigenvalue weighted by Crippen LogP contribution is -2.58. The molecule has 0 saturated carbocycles. The molecule has 1 aliphatic heterocycles.